The predicted octanol–water partition coefficient (Wildman–Crippen LogP) is 1.25. The van der Waals surface area contributed by atoms with Crippen molar-refractivity contribution in [2.45, 2.75) is 4.08 Å². The number of benzene rings is 1. The third kappa shape index (κ3) is 3.14. The van der Waals surface area contributed by atoms with Crippen molar-refractivity contribution in [1.82, 2.24) is 0 Å². The summed E-state index contributed by atoms with van der Waals surface area (Å²) < 4.78 is 58.7. The number of allylic oxidation sites excluding steroid dienone is 4. The van der Waals surface area contributed by atoms with Gasteiger partial charge in [-0.05, 0) is 11.6 Å². The summed E-state index contributed by atoms with van der Waals surface area (Å²) in [6.07, 6.45) is 7.71. The van der Waals surface area contributed by atoms with Crippen molar-refractivity contribution in [1.29, 1.82) is 0 Å². The molecule has 0 radical (unpaired) electrons. The molecular formula is C14H15NO6S2. The summed E-state index contributed by atoms with van der Waals surface area (Å²) in [4.78, 5) is 0. The van der Waals surface area contributed by atoms with Gasteiger partial charge in [0.2, 0.25) is 0 Å². The molecule has 0 amide bonds. The first-order chi connectivity index (χ1) is 10.7. The first-order valence-electron chi connectivity index (χ1n) is 6.44. The van der Waals surface area contributed by atoms with Crippen molar-refractivity contribution in [2.75, 3.05) is 0 Å². The van der Waals surface area contributed by atoms with Gasteiger partial charge in [0.15, 0.2) is 0 Å². The van der Waals surface area contributed by atoms with Gasteiger partial charge in [-0.3, -0.25) is 4.55 Å². The number of nitrogens with two attached hydrogens (primary N) is 1. The Hall–Kier alpha value is -1.78. The number of hydrogen-bond donors (Lipinski definition) is 2. The molecule has 0 saturated carbocycles. The van der Waals surface area contributed by atoms with E-state index in [1.54, 1.807) is 36.4 Å². The molecule has 2 unspecified atom stereocenters. The van der Waals surface area contributed by atoms with Crippen molar-refractivity contribution < 1.29 is 25.7 Å². The van der Waals surface area contributed by atoms with Crippen molar-refractivity contribution in [3.63, 3.8) is 0 Å². The lowest BCUT2D eigenvalue weighted by molar-refractivity contribution is 0.318. The van der Waals surface area contributed by atoms with Gasteiger partial charge in [0.05, 0.1) is 0 Å². The molecule has 7 nitrogen and oxygen atoms in total. The summed E-state index contributed by atoms with van der Waals surface area (Å²) in [6, 6.07) is 8.85. The number of rotatable bonds is 5. The lowest BCUT2D eigenvalue weighted by atomic mass is 9.98. The van der Waals surface area contributed by atoms with E-state index < -0.39 is 30.2 Å². The zero-order valence-electron chi connectivity index (χ0n) is 11.8. The lowest BCUT2D eigenvalue weighted by Gasteiger charge is -2.31. The van der Waals surface area contributed by atoms with Gasteiger partial charge in [-0.2, -0.15) is 27.0 Å². The Labute approximate surface area is 134 Å². The molecule has 0 aromatic heterocycles. The van der Waals surface area contributed by atoms with Crippen LogP contribution in [0.1, 0.15) is 5.56 Å². The third-order valence-electron chi connectivity index (χ3n) is 3.44. The van der Waals surface area contributed by atoms with Gasteiger partial charge in [0.1, 0.15) is 0 Å². The molecule has 9 heteroatoms. The van der Waals surface area contributed by atoms with E-state index in [1.807, 2.05) is 0 Å². The van der Waals surface area contributed by atoms with Crippen LogP contribution in [-0.4, -0.2) is 25.5 Å². The standard InChI is InChI=1S/C14H15NO6S2/c15-21-23(19,20)14(22(16,17)18)11-5-4-8-13(14)10-9-12-6-2-1-3-7-12/h1-11,13H,15H2,(H,16,17,18). The average molecular weight is 357 g/mol. The van der Waals surface area contributed by atoms with Crippen molar-refractivity contribution in [2.24, 2.45) is 11.8 Å². The van der Waals surface area contributed by atoms with E-state index in [0.29, 0.717) is 0 Å². The van der Waals surface area contributed by atoms with Crippen LogP contribution in [0, 0.1) is 5.92 Å². The smallest absolute Gasteiger partial charge is 0.284 e. The Morgan fingerprint density at radius 3 is 2.35 bits per heavy atom. The van der Waals surface area contributed by atoms with Crippen LogP contribution in [0.3, 0.4) is 0 Å². The highest BCUT2D eigenvalue weighted by atomic mass is 32.3. The fourth-order valence-electron chi connectivity index (χ4n) is 2.31. The Bertz CT molecular complexity index is 856. The van der Waals surface area contributed by atoms with Gasteiger partial charge in [-0.1, -0.05) is 60.7 Å². The van der Waals surface area contributed by atoms with Crippen molar-refractivity contribution in [3.05, 3.63) is 66.3 Å². The summed E-state index contributed by atoms with van der Waals surface area (Å²) >= 11 is 0. The average Bonchev–Trinajstić information content (AvgIpc) is 2.53. The first kappa shape index (κ1) is 17.6. The van der Waals surface area contributed by atoms with E-state index in [0.717, 1.165) is 11.6 Å². The minimum absolute atomic E-state index is 0.728. The van der Waals surface area contributed by atoms with E-state index in [2.05, 4.69) is 4.28 Å². The highest BCUT2D eigenvalue weighted by Gasteiger charge is 2.58. The van der Waals surface area contributed by atoms with Gasteiger partial charge in [-0.15, -0.1) is 0 Å². The Kier molecular flexibility index (Phi) is 4.87. The SMILES string of the molecule is NOS(=O)(=O)C1(S(=O)(=O)O)C=CC=CC1C=Cc1ccccc1. The van der Waals surface area contributed by atoms with Crippen LogP contribution in [-0.2, 0) is 24.5 Å². The lowest BCUT2D eigenvalue weighted by Crippen LogP contribution is -2.51. The van der Waals surface area contributed by atoms with Crippen LogP contribution in [0.5, 0.6) is 0 Å². The second-order valence-corrected chi connectivity index (χ2v) is 8.45. The summed E-state index contributed by atoms with van der Waals surface area (Å²) in [5.74, 6) is 3.52. The van der Waals surface area contributed by atoms with Crippen LogP contribution >= 0.6 is 0 Å². The van der Waals surface area contributed by atoms with Gasteiger partial charge < -0.3 is 0 Å². The molecule has 2 atom stereocenters. The van der Waals surface area contributed by atoms with E-state index >= 15 is 0 Å². The summed E-state index contributed by atoms with van der Waals surface area (Å²) in [5.41, 5.74) is 0.728. The minimum Gasteiger partial charge on any atom is -0.284 e. The second-order valence-electron chi connectivity index (χ2n) is 4.79. The number of hydrogen-bond acceptors (Lipinski definition) is 6. The molecule has 23 heavy (non-hydrogen) atoms. The largest absolute Gasteiger partial charge is 0.310 e. The fourth-order valence-corrected chi connectivity index (χ4v) is 5.10. The summed E-state index contributed by atoms with van der Waals surface area (Å²) in [7, 11) is -9.94. The van der Waals surface area contributed by atoms with Gasteiger partial charge in [-0.25, -0.2) is 0 Å². The van der Waals surface area contributed by atoms with Crippen LogP contribution in [0.2, 0.25) is 0 Å². The van der Waals surface area contributed by atoms with Crippen LogP contribution in [0.4, 0.5) is 0 Å². The molecule has 1 aliphatic carbocycles. The molecule has 0 saturated heterocycles. The maximum absolute atomic E-state index is 12.1. The van der Waals surface area contributed by atoms with E-state index in [9.17, 15) is 21.4 Å². The molecule has 0 spiro atoms. The van der Waals surface area contributed by atoms with Crippen LogP contribution in [0.25, 0.3) is 6.08 Å². The predicted molar refractivity (Wildman–Crippen MR) is 85.7 cm³/mol. The van der Waals surface area contributed by atoms with Gasteiger partial charge in [0, 0.05) is 5.92 Å². The zero-order valence-corrected chi connectivity index (χ0v) is 13.4. The highest BCUT2D eigenvalue weighted by molar-refractivity contribution is 8.06. The molecule has 0 fully saturated rings. The van der Waals surface area contributed by atoms with Gasteiger partial charge >= 0.3 is 10.1 Å². The topological polar surface area (TPSA) is 124 Å². The van der Waals surface area contributed by atoms with Crippen LogP contribution in [0.15, 0.2) is 60.7 Å². The highest BCUT2D eigenvalue weighted by Crippen LogP contribution is 2.39. The van der Waals surface area contributed by atoms with E-state index in [-0.39, 0.29) is 0 Å². The van der Waals surface area contributed by atoms with E-state index in [1.165, 1.54) is 24.3 Å². The minimum atomic E-state index is -5.09. The maximum Gasteiger partial charge on any atom is 0.310 e. The van der Waals surface area contributed by atoms with Crippen molar-refractivity contribution in [3.8, 4) is 0 Å². The second kappa shape index (κ2) is 6.38. The fraction of sp³-hybridized carbons (Fsp3) is 0.143. The molecule has 124 valence electrons. The van der Waals surface area contributed by atoms with Crippen molar-refractivity contribution >= 4 is 26.3 Å². The molecule has 0 heterocycles. The molecule has 2 rings (SSSR count). The Morgan fingerprint density at radius 2 is 1.78 bits per heavy atom. The molecule has 0 aliphatic heterocycles. The molecule has 1 aliphatic rings. The molecule has 0 bridgehead atoms. The van der Waals surface area contributed by atoms with Crippen LogP contribution < -0.4 is 5.90 Å². The molecule has 3 N–H and O–H groups in total. The maximum atomic E-state index is 12.1. The first-order valence-corrected chi connectivity index (χ1v) is 9.28. The quantitative estimate of drug-likeness (QED) is 0.600. The molecular weight excluding hydrogens is 342 g/mol. The monoisotopic (exact) mass is 357 g/mol. The summed E-state index contributed by atoms with van der Waals surface area (Å²) in [5, 5.41) is 0. The van der Waals surface area contributed by atoms with Gasteiger partial charge in [0.25, 0.3) is 14.2 Å². The molecule has 1 aromatic carbocycles. The normalized spacial score (nSPS) is 25.0. The Morgan fingerprint density at radius 1 is 1.13 bits per heavy atom. The Balaban J connectivity index is 2.58. The summed E-state index contributed by atoms with van der Waals surface area (Å²) in [6.45, 7) is 0. The molecule has 1 aromatic rings. The van der Waals surface area contributed by atoms with E-state index in [4.69, 9.17) is 5.90 Å². The third-order valence-corrected chi connectivity index (χ3v) is 7.34. The zero-order chi connectivity index (χ0) is 17.1.